The maximum absolute atomic E-state index is 12.2. The summed E-state index contributed by atoms with van der Waals surface area (Å²) >= 11 is 6.58. The Morgan fingerprint density at radius 2 is 2.35 bits per heavy atom. The number of pyridine rings is 1. The molecule has 0 aliphatic carbocycles. The van der Waals surface area contributed by atoms with Gasteiger partial charge in [-0.15, -0.1) is 0 Å². The van der Waals surface area contributed by atoms with Crippen LogP contribution in [-0.2, 0) is 9.84 Å². The molecular weight excluding hydrogens is 314 g/mol. The van der Waals surface area contributed by atoms with Crippen molar-refractivity contribution in [1.29, 1.82) is 0 Å². The molecule has 1 saturated heterocycles. The number of rotatable bonds is 4. The van der Waals surface area contributed by atoms with E-state index in [2.05, 4.69) is 4.98 Å². The van der Waals surface area contributed by atoms with E-state index in [1.54, 1.807) is 36.9 Å². The monoisotopic (exact) mass is 331 g/mol. The third kappa shape index (κ3) is 3.24. The topological polar surface area (TPSA) is 76.3 Å². The van der Waals surface area contributed by atoms with Crippen molar-refractivity contribution in [3.05, 3.63) is 23.9 Å². The van der Waals surface area contributed by atoms with E-state index >= 15 is 0 Å². The molecule has 1 aliphatic heterocycles. The zero-order chi connectivity index (χ0) is 14.8. The highest BCUT2D eigenvalue weighted by Crippen LogP contribution is 2.26. The lowest BCUT2D eigenvalue weighted by Crippen LogP contribution is -2.48. The number of thioether (sulfide) groups is 1. The molecule has 0 spiro atoms. The highest BCUT2D eigenvalue weighted by molar-refractivity contribution is 8.01. The number of hydrogen-bond acceptors (Lipinski definition) is 6. The summed E-state index contributed by atoms with van der Waals surface area (Å²) in [7, 11) is -3.15. The summed E-state index contributed by atoms with van der Waals surface area (Å²) < 4.78 is 24.4. The van der Waals surface area contributed by atoms with E-state index in [-0.39, 0.29) is 10.7 Å². The first-order valence-electron chi connectivity index (χ1n) is 6.28. The zero-order valence-electron chi connectivity index (χ0n) is 11.2. The van der Waals surface area contributed by atoms with Crippen LogP contribution in [0.2, 0.25) is 0 Å². The van der Waals surface area contributed by atoms with E-state index in [1.165, 1.54) is 0 Å². The molecule has 1 unspecified atom stereocenters. The molecule has 0 aromatic carbocycles. The average Bonchev–Trinajstić information content (AvgIpc) is 2.47. The third-order valence-corrected chi connectivity index (χ3v) is 6.68. The first kappa shape index (κ1) is 15.5. The standard InChI is InChI=1S/C12H17N3O2S3/c1-2-20(16,17)11-8-19-7-6-15(11)10-5-3-4-9(14-10)12(13)18/h3-5,11H,2,6-8H2,1H3,(H2,13,18). The molecule has 20 heavy (non-hydrogen) atoms. The number of aromatic nitrogens is 1. The number of anilines is 1. The number of thiocarbonyl (C=S) groups is 1. The van der Waals surface area contributed by atoms with Crippen LogP contribution >= 0.6 is 24.0 Å². The predicted octanol–water partition coefficient (Wildman–Crippen LogP) is 1.03. The van der Waals surface area contributed by atoms with Gasteiger partial charge in [0, 0.05) is 23.8 Å². The van der Waals surface area contributed by atoms with Crippen molar-refractivity contribution in [2.24, 2.45) is 5.73 Å². The van der Waals surface area contributed by atoms with Crippen molar-refractivity contribution >= 4 is 44.6 Å². The molecule has 8 heteroatoms. The average molecular weight is 331 g/mol. The van der Waals surface area contributed by atoms with Crippen LogP contribution in [-0.4, -0.2) is 47.6 Å². The Morgan fingerprint density at radius 1 is 1.60 bits per heavy atom. The highest BCUT2D eigenvalue weighted by Gasteiger charge is 2.33. The van der Waals surface area contributed by atoms with Crippen molar-refractivity contribution < 1.29 is 8.42 Å². The van der Waals surface area contributed by atoms with Crippen LogP contribution in [0.15, 0.2) is 18.2 Å². The van der Waals surface area contributed by atoms with Crippen LogP contribution in [0.25, 0.3) is 0 Å². The molecule has 1 fully saturated rings. The first-order chi connectivity index (χ1) is 9.45. The molecule has 1 aromatic heterocycles. The van der Waals surface area contributed by atoms with Gasteiger partial charge in [0.25, 0.3) is 0 Å². The summed E-state index contributed by atoms with van der Waals surface area (Å²) in [6, 6.07) is 5.33. The van der Waals surface area contributed by atoms with E-state index < -0.39 is 15.2 Å². The highest BCUT2D eigenvalue weighted by atomic mass is 32.2. The fraction of sp³-hybridized carbons (Fsp3) is 0.500. The third-order valence-electron chi connectivity index (χ3n) is 3.18. The van der Waals surface area contributed by atoms with Crippen LogP contribution in [0.1, 0.15) is 12.6 Å². The summed E-state index contributed by atoms with van der Waals surface area (Å²) in [6.45, 7) is 2.33. The van der Waals surface area contributed by atoms with Gasteiger partial charge >= 0.3 is 0 Å². The molecule has 0 amide bonds. The first-order valence-corrected chi connectivity index (χ1v) is 9.56. The maximum atomic E-state index is 12.2. The Bertz CT molecular complexity index is 604. The lowest BCUT2D eigenvalue weighted by atomic mass is 10.3. The fourth-order valence-corrected chi connectivity index (χ4v) is 5.15. The number of sulfone groups is 1. The van der Waals surface area contributed by atoms with Gasteiger partial charge in [-0.3, -0.25) is 0 Å². The van der Waals surface area contributed by atoms with Gasteiger partial charge < -0.3 is 10.6 Å². The normalized spacial score (nSPS) is 19.9. The largest absolute Gasteiger partial charge is 0.388 e. The Kier molecular flexibility index (Phi) is 4.87. The molecule has 0 radical (unpaired) electrons. The van der Waals surface area contributed by atoms with Gasteiger partial charge in [0.1, 0.15) is 16.2 Å². The second-order valence-corrected chi connectivity index (χ2v) is 8.46. The zero-order valence-corrected chi connectivity index (χ0v) is 13.6. The van der Waals surface area contributed by atoms with Gasteiger partial charge in [-0.25, -0.2) is 13.4 Å². The Hall–Kier alpha value is -0.860. The smallest absolute Gasteiger partial charge is 0.171 e. The molecule has 2 rings (SSSR count). The van der Waals surface area contributed by atoms with E-state index in [9.17, 15) is 8.42 Å². The second-order valence-electron chi connectivity index (χ2n) is 4.42. The SMILES string of the molecule is CCS(=O)(=O)C1CSCCN1c1cccc(C(N)=S)n1. The Labute approximate surface area is 128 Å². The van der Waals surface area contributed by atoms with Crippen LogP contribution < -0.4 is 10.6 Å². The van der Waals surface area contributed by atoms with E-state index in [1.807, 2.05) is 4.90 Å². The molecule has 110 valence electrons. The molecule has 0 saturated carbocycles. The quantitative estimate of drug-likeness (QED) is 0.826. The molecule has 1 aliphatic rings. The van der Waals surface area contributed by atoms with E-state index in [0.29, 0.717) is 23.8 Å². The number of nitrogens with zero attached hydrogens (tertiary/aromatic N) is 2. The van der Waals surface area contributed by atoms with Gasteiger partial charge in [0.05, 0.1) is 5.69 Å². The molecule has 1 aromatic rings. The summed E-state index contributed by atoms with van der Waals surface area (Å²) in [4.78, 5) is 6.44. The number of nitrogens with two attached hydrogens (primary N) is 1. The van der Waals surface area contributed by atoms with E-state index in [0.717, 1.165) is 5.75 Å². The summed E-state index contributed by atoms with van der Waals surface area (Å²) in [6.07, 6.45) is 0. The summed E-state index contributed by atoms with van der Waals surface area (Å²) in [5, 5.41) is -0.527. The van der Waals surface area contributed by atoms with Crippen LogP contribution in [0.3, 0.4) is 0 Å². The van der Waals surface area contributed by atoms with Crippen molar-refractivity contribution in [2.75, 3.05) is 28.7 Å². The molecule has 2 N–H and O–H groups in total. The summed E-state index contributed by atoms with van der Waals surface area (Å²) in [5.41, 5.74) is 6.10. The lowest BCUT2D eigenvalue weighted by Gasteiger charge is -2.35. The van der Waals surface area contributed by atoms with Crippen LogP contribution in [0.4, 0.5) is 5.82 Å². The molecule has 2 heterocycles. The van der Waals surface area contributed by atoms with Crippen molar-refractivity contribution in [3.63, 3.8) is 0 Å². The van der Waals surface area contributed by atoms with Gasteiger partial charge in [0.2, 0.25) is 0 Å². The Balaban J connectivity index is 2.38. The predicted molar refractivity (Wildman–Crippen MR) is 88.0 cm³/mol. The molecule has 1 atom stereocenters. The second kappa shape index (κ2) is 6.28. The van der Waals surface area contributed by atoms with Crippen LogP contribution in [0.5, 0.6) is 0 Å². The minimum atomic E-state index is -3.15. The van der Waals surface area contributed by atoms with Crippen molar-refractivity contribution in [2.45, 2.75) is 12.3 Å². The van der Waals surface area contributed by atoms with Gasteiger partial charge in [-0.05, 0) is 12.1 Å². The lowest BCUT2D eigenvalue weighted by molar-refractivity contribution is 0.579. The van der Waals surface area contributed by atoms with Crippen LogP contribution in [0, 0.1) is 0 Å². The molecule has 0 bridgehead atoms. The van der Waals surface area contributed by atoms with E-state index in [4.69, 9.17) is 18.0 Å². The summed E-state index contributed by atoms with van der Waals surface area (Å²) in [5.74, 6) is 2.20. The van der Waals surface area contributed by atoms with Gasteiger partial charge in [-0.2, -0.15) is 11.8 Å². The minimum absolute atomic E-state index is 0.129. The maximum Gasteiger partial charge on any atom is 0.171 e. The van der Waals surface area contributed by atoms with Gasteiger partial charge in [-0.1, -0.05) is 25.2 Å². The number of hydrogen-bond donors (Lipinski definition) is 1. The van der Waals surface area contributed by atoms with Crippen molar-refractivity contribution in [1.82, 2.24) is 4.98 Å². The van der Waals surface area contributed by atoms with Crippen molar-refractivity contribution in [3.8, 4) is 0 Å². The molecule has 5 nitrogen and oxygen atoms in total. The van der Waals surface area contributed by atoms with Gasteiger partial charge in [0.15, 0.2) is 9.84 Å². The fourth-order valence-electron chi connectivity index (χ4n) is 2.05. The molecular formula is C12H17N3O2S3. The minimum Gasteiger partial charge on any atom is -0.388 e. The Morgan fingerprint density at radius 3 is 3.00 bits per heavy atom.